The number of hydrogen-bond donors (Lipinski definition) is 0. The number of fused-ring (bicyclic) bond motifs is 1. The van der Waals surface area contributed by atoms with Gasteiger partial charge in [0.1, 0.15) is 5.76 Å². The predicted octanol–water partition coefficient (Wildman–Crippen LogP) is 2.24. The van der Waals surface area contributed by atoms with Crippen LogP contribution in [0, 0.1) is 5.92 Å². The van der Waals surface area contributed by atoms with Gasteiger partial charge in [-0.25, -0.2) is 4.79 Å². The van der Waals surface area contributed by atoms with Crippen LogP contribution < -0.4 is 5.63 Å². The van der Waals surface area contributed by atoms with Crippen LogP contribution in [0.5, 0.6) is 0 Å². The zero-order valence-corrected chi connectivity index (χ0v) is 7.62. The summed E-state index contributed by atoms with van der Waals surface area (Å²) in [6, 6.07) is 3.30. The maximum absolute atomic E-state index is 11.0. The lowest BCUT2D eigenvalue weighted by Gasteiger charge is -2.05. The third kappa shape index (κ3) is 1.72. The smallest absolute Gasteiger partial charge is 0.335 e. The van der Waals surface area contributed by atoms with Crippen molar-refractivity contribution in [3.05, 3.63) is 40.0 Å². The van der Waals surface area contributed by atoms with Crippen LogP contribution in [0.2, 0.25) is 0 Å². The van der Waals surface area contributed by atoms with Crippen molar-refractivity contribution >= 4 is 6.08 Å². The first-order chi connectivity index (χ1) is 6.25. The topological polar surface area (TPSA) is 30.2 Å². The third-order valence-electron chi connectivity index (χ3n) is 2.31. The summed E-state index contributed by atoms with van der Waals surface area (Å²) in [6.45, 7) is 2.16. The second-order valence-electron chi connectivity index (χ2n) is 3.58. The van der Waals surface area contributed by atoms with Gasteiger partial charge in [-0.15, -0.1) is 0 Å². The highest BCUT2D eigenvalue weighted by molar-refractivity contribution is 5.51. The standard InChI is InChI=1S/C11H12O2/c1-8-3-2-4-9-5-6-11(12)13-10(9)7-8/h2,4-6,8H,3,7H2,1H3/t8-/m1/s1. The fraction of sp³-hybridized carbons (Fsp3) is 0.364. The Kier molecular flexibility index (Phi) is 2.05. The highest BCUT2D eigenvalue weighted by Crippen LogP contribution is 2.20. The molecular formula is C11H12O2. The van der Waals surface area contributed by atoms with Gasteiger partial charge in [0.15, 0.2) is 0 Å². The Morgan fingerprint density at radius 2 is 2.31 bits per heavy atom. The van der Waals surface area contributed by atoms with Crippen molar-refractivity contribution < 1.29 is 4.42 Å². The van der Waals surface area contributed by atoms with Crippen molar-refractivity contribution in [1.29, 1.82) is 0 Å². The van der Waals surface area contributed by atoms with E-state index in [1.54, 1.807) is 0 Å². The fourth-order valence-electron chi connectivity index (χ4n) is 1.60. The summed E-state index contributed by atoms with van der Waals surface area (Å²) in [4.78, 5) is 11.0. The normalized spacial score (nSPS) is 20.8. The molecule has 0 fully saturated rings. The van der Waals surface area contributed by atoms with Gasteiger partial charge in [-0.05, 0) is 18.4 Å². The summed E-state index contributed by atoms with van der Waals surface area (Å²) in [6.07, 6.45) is 6.08. The Bertz CT molecular complexity index is 387. The second-order valence-corrected chi connectivity index (χ2v) is 3.58. The van der Waals surface area contributed by atoms with Crippen LogP contribution in [0.1, 0.15) is 24.7 Å². The van der Waals surface area contributed by atoms with Gasteiger partial charge in [0, 0.05) is 18.1 Å². The molecule has 0 saturated heterocycles. The highest BCUT2D eigenvalue weighted by Gasteiger charge is 2.11. The Labute approximate surface area is 76.9 Å². The Balaban J connectivity index is 2.50. The lowest BCUT2D eigenvalue weighted by molar-refractivity contribution is 0.424. The van der Waals surface area contributed by atoms with Crippen molar-refractivity contribution in [2.45, 2.75) is 19.8 Å². The molecule has 1 aromatic heterocycles. The monoisotopic (exact) mass is 176 g/mol. The van der Waals surface area contributed by atoms with E-state index in [9.17, 15) is 4.79 Å². The molecule has 1 heterocycles. The van der Waals surface area contributed by atoms with E-state index in [2.05, 4.69) is 13.0 Å². The van der Waals surface area contributed by atoms with E-state index in [0.29, 0.717) is 5.92 Å². The van der Waals surface area contributed by atoms with Crippen LogP contribution >= 0.6 is 0 Å². The quantitative estimate of drug-likeness (QED) is 0.606. The maximum Gasteiger partial charge on any atom is 0.335 e. The first-order valence-electron chi connectivity index (χ1n) is 4.55. The molecule has 0 N–H and O–H groups in total. The van der Waals surface area contributed by atoms with E-state index in [1.807, 2.05) is 12.1 Å². The highest BCUT2D eigenvalue weighted by atomic mass is 16.4. The predicted molar refractivity (Wildman–Crippen MR) is 51.5 cm³/mol. The van der Waals surface area contributed by atoms with Crippen LogP contribution in [-0.2, 0) is 6.42 Å². The molecule has 0 aromatic carbocycles. The summed E-state index contributed by atoms with van der Waals surface area (Å²) in [5.41, 5.74) is 0.796. The number of rotatable bonds is 0. The van der Waals surface area contributed by atoms with Gasteiger partial charge >= 0.3 is 5.63 Å². The van der Waals surface area contributed by atoms with Crippen molar-refractivity contribution in [1.82, 2.24) is 0 Å². The average molecular weight is 176 g/mol. The molecule has 2 nitrogen and oxygen atoms in total. The summed E-state index contributed by atoms with van der Waals surface area (Å²) in [7, 11) is 0. The van der Waals surface area contributed by atoms with E-state index < -0.39 is 0 Å². The lowest BCUT2D eigenvalue weighted by atomic mass is 10.0. The van der Waals surface area contributed by atoms with Gasteiger partial charge in [0.2, 0.25) is 0 Å². The average Bonchev–Trinajstić information content (AvgIpc) is 2.25. The van der Waals surface area contributed by atoms with Crippen LogP contribution in [0.15, 0.2) is 27.4 Å². The Hall–Kier alpha value is -1.31. The van der Waals surface area contributed by atoms with Crippen molar-refractivity contribution in [2.24, 2.45) is 5.92 Å². The summed E-state index contributed by atoms with van der Waals surface area (Å²) in [5.74, 6) is 1.39. The molecule has 0 amide bonds. The fourth-order valence-corrected chi connectivity index (χ4v) is 1.60. The number of hydrogen-bond acceptors (Lipinski definition) is 2. The Morgan fingerprint density at radius 1 is 1.46 bits per heavy atom. The van der Waals surface area contributed by atoms with Crippen LogP contribution in [0.4, 0.5) is 0 Å². The van der Waals surface area contributed by atoms with E-state index in [-0.39, 0.29) is 5.63 Å². The zero-order chi connectivity index (χ0) is 9.26. The third-order valence-corrected chi connectivity index (χ3v) is 2.31. The summed E-state index contributed by atoms with van der Waals surface area (Å²) >= 11 is 0. The molecule has 1 atom stereocenters. The minimum Gasteiger partial charge on any atom is -0.427 e. The molecule has 1 aromatic rings. The molecule has 0 radical (unpaired) electrons. The van der Waals surface area contributed by atoms with Crippen LogP contribution in [0.3, 0.4) is 0 Å². The molecule has 0 bridgehead atoms. The molecule has 13 heavy (non-hydrogen) atoms. The number of allylic oxidation sites excluding steroid dienone is 1. The van der Waals surface area contributed by atoms with Crippen molar-refractivity contribution in [3.8, 4) is 0 Å². The second kappa shape index (κ2) is 3.21. The molecule has 68 valence electrons. The zero-order valence-electron chi connectivity index (χ0n) is 7.62. The molecule has 0 saturated carbocycles. The van der Waals surface area contributed by atoms with Gasteiger partial charge in [0.05, 0.1) is 0 Å². The SMILES string of the molecule is C[C@@H]1CC=Cc2ccc(=O)oc2C1. The van der Waals surface area contributed by atoms with Crippen molar-refractivity contribution in [2.75, 3.05) is 0 Å². The van der Waals surface area contributed by atoms with E-state index in [4.69, 9.17) is 4.42 Å². The largest absolute Gasteiger partial charge is 0.427 e. The van der Waals surface area contributed by atoms with E-state index >= 15 is 0 Å². The molecule has 0 aliphatic heterocycles. The summed E-state index contributed by atoms with van der Waals surface area (Å²) in [5, 5.41) is 0. The van der Waals surface area contributed by atoms with Gasteiger partial charge in [-0.3, -0.25) is 0 Å². The van der Waals surface area contributed by atoms with Gasteiger partial charge in [-0.1, -0.05) is 19.1 Å². The minimum absolute atomic E-state index is 0.249. The van der Waals surface area contributed by atoms with E-state index in [1.165, 1.54) is 6.07 Å². The molecule has 1 aliphatic rings. The lowest BCUT2D eigenvalue weighted by Crippen LogP contribution is -2.04. The first-order valence-corrected chi connectivity index (χ1v) is 4.55. The molecule has 0 spiro atoms. The molecule has 1 aliphatic carbocycles. The molecular weight excluding hydrogens is 164 g/mol. The minimum atomic E-state index is -0.249. The summed E-state index contributed by atoms with van der Waals surface area (Å²) < 4.78 is 5.14. The molecule has 2 heteroatoms. The van der Waals surface area contributed by atoms with Gasteiger partial charge in [-0.2, -0.15) is 0 Å². The molecule has 2 rings (SSSR count). The Morgan fingerprint density at radius 3 is 3.15 bits per heavy atom. The van der Waals surface area contributed by atoms with Crippen molar-refractivity contribution in [3.63, 3.8) is 0 Å². The first kappa shape index (κ1) is 8.30. The van der Waals surface area contributed by atoms with Gasteiger partial charge < -0.3 is 4.42 Å². The van der Waals surface area contributed by atoms with Gasteiger partial charge in [0.25, 0.3) is 0 Å². The molecule has 0 unspecified atom stereocenters. The van der Waals surface area contributed by atoms with Crippen LogP contribution in [-0.4, -0.2) is 0 Å². The van der Waals surface area contributed by atoms with Crippen LogP contribution in [0.25, 0.3) is 6.08 Å². The maximum atomic E-state index is 11.0. The van der Waals surface area contributed by atoms with E-state index in [0.717, 1.165) is 24.2 Å².